The fourth-order valence-electron chi connectivity index (χ4n) is 9.59. The Bertz CT molecular complexity index is 2930. The highest BCUT2D eigenvalue weighted by atomic mass is 15.2. The normalized spacial score (nSPS) is 15.2. The molecule has 0 radical (unpaired) electrons. The van der Waals surface area contributed by atoms with Crippen molar-refractivity contribution in [3.63, 3.8) is 0 Å². The van der Waals surface area contributed by atoms with Gasteiger partial charge in [0.2, 0.25) is 0 Å². The van der Waals surface area contributed by atoms with Crippen molar-refractivity contribution in [3.8, 4) is 22.3 Å². The minimum atomic E-state index is 0.160. The van der Waals surface area contributed by atoms with Crippen LogP contribution in [0.15, 0.2) is 194 Å². The van der Waals surface area contributed by atoms with E-state index in [1.54, 1.807) is 0 Å². The molecule has 0 saturated heterocycles. The predicted molar refractivity (Wildman–Crippen MR) is 259 cm³/mol. The van der Waals surface area contributed by atoms with E-state index < -0.39 is 0 Å². The summed E-state index contributed by atoms with van der Waals surface area (Å²) in [6.07, 6.45) is 18.8. The molecule has 2 aliphatic rings. The third kappa shape index (κ3) is 6.71. The minimum Gasteiger partial charge on any atom is -0.334 e. The number of hydrogen-bond donors (Lipinski definition) is 0. The van der Waals surface area contributed by atoms with E-state index in [2.05, 4.69) is 226 Å². The van der Waals surface area contributed by atoms with E-state index in [4.69, 9.17) is 0 Å². The third-order valence-electron chi connectivity index (χ3n) is 12.7. The number of rotatable bonds is 10. The van der Waals surface area contributed by atoms with Crippen molar-refractivity contribution in [1.82, 2.24) is 0 Å². The van der Waals surface area contributed by atoms with Gasteiger partial charge in [0, 0.05) is 38.6 Å². The number of anilines is 4. The van der Waals surface area contributed by atoms with E-state index in [1.807, 2.05) is 0 Å². The first-order chi connectivity index (χ1) is 29.4. The van der Waals surface area contributed by atoms with Gasteiger partial charge in [-0.25, -0.2) is 0 Å². The van der Waals surface area contributed by atoms with Crippen LogP contribution in [0, 0.1) is 0 Å². The van der Waals surface area contributed by atoms with Crippen molar-refractivity contribution >= 4 is 55.1 Å². The van der Waals surface area contributed by atoms with E-state index in [0.717, 1.165) is 19.3 Å². The van der Waals surface area contributed by atoms with Crippen LogP contribution in [0.3, 0.4) is 0 Å². The van der Waals surface area contributed by atoms with Gasteiger partial charge in [-0.3, -0.25) is 0 Å². The van der Waals surface area contributed by atoms with Gasteiger partial charge in [0.05, 0.1) is 17.4 Å². The molecule has 0 aliphatic heterocycles. The summed E-state index contributed by atoms with van der Waals surface area (Å²) >= 11 is 0. The zero-order valence-electron chi connectivity index (χ0n) is 35.1. The van der Waals surface area contributed by atoms with Crippen LogP contribution in [0.4, 0.5) is 22.7 Å². The maximum atomic E-state index is 2.60. The molecule has 0 fully saturated rings. The molecule has 1 atom stereocenters. The summed E-state index contributed by atoms with van der Waals surface area (Å²) in [5, 5.41) is 7.70. The third-order valence-corrected chi connectivity index (χ3v) is 12.7. The topological polar surface area (TPSA) is 6.48 Å². The molecule has 2 heteroatoms. The van der Waals surface area contributed by atoms with Crippen LogP contribution in [0.25, 0.3) is 54.6 Å². The summed E-state index contributed by atoms with van der Waals surface area (Å²) in [5.74, 6) is 0.926. The van der Waals surface area contributed by atoms with Crippen LogP contribution in [0.5, 0.6) is 0 Å². The van der Waals surface area contributed by atoms with Gasteiger partial charge in [0.25, 0.3) is 0 Å². The van der Waals surface area contributed by atoms with E-state index >= 15 is 0 Å². The Hall–Kier alpha value is -6.64. The zero-order chi connectivity index (χ0) is 40.7. The smallest absolute Gasteiger partial charge is 0.0560 e. The van der Waals surface area contributed by atoms with Gasteiger partial charge in [0.1, 0.15) is 0 Å². The van der Waals surface area contributed by atoms with Crippen LogP contribution in [-0.4, -0.2) is 6.04 Å². The highest BCUT2D eigenvalue weighted by molar-refractivity contribution is 6.32. The number of hydrogen-bond acceptors (Lipinski definition) is 2. The van der Waals surface area contributed by atoms with E-state index in [1.165, 1.54) is 94.1 Å². The molecule has 0 bridgehead atoms. The monoisotopic (exact) mass is 776 g/mol. The summed E-state index contributed by atoms with van der Waals surface area (Å²) in [6.45, 7) is 9.09. The molecule has 0 spiro atoms. The molecule has 2 nitrogen and oxygen atoms in total. The largest absolute Gasteiger partial charge is 0.334 e. The second-order valence-electron chi connectivity index (χ2n) is 17.1. The van der Waals surface area contributed by atoms with E-state index in [0.29, 0.717) is 11.8 Å². The fraction of sp³-hybridized carbons (Fsp3) is 0.172. The lowest BCUT2D eigenvalue weighted by molar-refractivity contribution is 0.786. The Morgan fingerprint density at radius 3 is 1.55 bits per heavy atom. The Kier molecular flexibility index (Phi) is 9.94. The minimum absolute atomic E-state index is 0.160. The first kappa shape index (κ1) is 37.6. The van der Waals surface area contributed by atoms with Crippen LogP contribution >= 0.6 is 0 Å². The second kappa shape index (κ2) is 15.8. The Morgan fingerprint density at radius 1 is 0.500 bits per heavy atom. The summed E-state index contributed by atoms with van der Waals surface area (Å²) in [7, 11) is 0. The van der Waals surface area contributed by atoms with Gasteiger partial charge in [-0.1, -0.05) is 173 Å². The molecule has 8 aromatic rings. The Labute approximate surface area is 355 Å². The number of nitrogens with zero attached hydrogens (tertiary/aromatic N) is 2. The number of allylic oxidation sites excluding steroid dienone is 6. The lowest BCUT2D eigenvalue weighted by Gasteiger charge is -2.35. The van der Waals surface area contributed by atoms with Crippen LogP contribution in [0.1, 0.15) is 69.9 Å². The molecule has 1 unspecified atom stereocenters. The molecular formula is C58H52N2. The van der Waals surface area contributed by atoms with Gasteiger partial charge in [-0.15, -0.1) is 0 Å². The molecule has 0 heterocycles. The van der Waals surface area contributed by atoms with Gasteiger partial charge in [0.15, 0.2) is 0 Å². The summed E-state index contributed by atoms with van der Waals surface area (Å²) in [4.78, 5) is 5.15. The molecule has 8 aromatic carbocycles. The predicted octanol–water partition coefficient (Wildman–Crippen LogP) is 16.6. The molecule has 0 N–H and O–H groups in total. The molecule has 2 aliphatic carbocycles. The summed E-state index contributed by atoms with van der Waals surface area (Å²) in [5.41, 5.74) is 13.8. The van der Waals surface area contributed by atoms with Crippen molar-refractivity contribution in [2.45, 2.75) is 64.8 Å². The van der Waals surface area contributed by atoms with E-state index in [9.17, 15) is 0 Å². The van der Waals surface area contributed by atoms with Crippen molar-refractivity contribution in [2.24, 2.45) is 0 Å². The van der Waals surface area contributed by atoms with Gasteiger partial charge in [-0.05, 0) is 118 Å². The highest BCUT2D eigenvalue weighted by Gasteiger charge is 2.28. The lowest BCUT2D eigenvalue weighted by atomic mass is 9.85. The highest BCUT2D eigenvalue weighted by Crippen LogP contribution is 2.51. The van der Waals surface area contributed by atoms with Crippen LogP contribution in [-0.2, 0) is 0 Å². The fourth-order valence-corrected chi connectivity index (χ4v) is 9.59. The molecule has 0 aromatic heterocycles. The van der Waals surface area contributed by atoms with Crippen molar-refractivity contribution in [2.75, 3.05) is 9.80 Å². The molecule has 60 heavy (non-hydrogen) atoms. The molecule has 294 valence electrons. The first-order valence-electron chi connectivity index (χ1n) is 21.8. The Balaban J connectivity index is 1.33. The van der Waals surface area contributed by atoms with Crippen molar-refractivity contribution in [3.05, 3.63) is 205 Å². The molecule has 0 amide bonds. The maximum Gasteiger partial charge on any atom is 0.0560 e. The SMILES string of the molecule is CC(C)c1ccc(N(C2=CC=CCC2)c2cc(-c3ccccc3)c3ccc4c(N(c5ccc(C(C)C)cc5)C5C=CC=CC5)cc(-c5ccccc5)c5ccc2c3c54)cc1. The Morgan fingerprint density at radius 2 is 1.03 bits per heavy atom. The lowest BCUT2D eigenvalue weighted by Crippen LogP contribution is -2.30. The van der Waals surface area contributed by atoms with Gasteiger partial charge < -0.3 is 9.80 Å². The summed E-state index contributed by atoms with van der Waals surface area (Å²) < 4.78 is 0. The van der Waals surface area contributed by atoms with Crippen molar-refractivity contribution in [1.29, 1.82) is 0 Å². The van der Waals surface area contributed by atoms with Crippen molar-refractivity contribution < 1.29 is 0 Å². The standard InChI is InChI=1S/C58H52N2/c1-39(2)41-25-29-47(30-26-41)59(45-21-13-7-14-22-45)55-37-53(43-17-9-5-10-18-43)49-34-36-52-56(60(46-23-15-8-16-24-46)48-31-27-42(28-32-48)40(3)4)38-54(44-19-11-6-12-20-44)50-33-35-51(55)57(49)58(50)52/h5-15,17-21,23,25-40,45H,16,22,24H2,1-4H3. The van der Waals surface area contributed by atoms with Gasteiger partial charge >= 0.3 is 0 Å². The zero-order valence-corrected chi connectivity index (χ0v) is 35.1. The first-order valence-corrected chi connectivity index (χ1v) is 21.8. The van der Waals surface area contributed by atoms with Gasteiger partial charge in [-0.2, -0.15) is 0 Å². The molecule has 10 rings (SSSR count). The molecular weight excluding hydrogens is 725 g/mol. The average molecular weight is 777 g/mol. The average Bonchev–Trinajstić information content (AvgIpc) is 3.30. The second-order valence-corrected chi connectivity index (χ2v) is 17.1. The quantitative estimate of drug-likeness (QED) is 0.128. The van der Waals surface area contributed by atoms with Crippen LogP contribution in [0.2, 0.25) is 0 Å². The van der Waals surface area contributed by atoms with E-state index in [-0.39, 0.29) is 6.04 Å². The van der Waals surface area contributed by atoms with Crippen LogP contribution < -0.4 is 9.80 Å². The summed E-state index contributed by atoms with van der Waals surface area (Å²) in [6, 6.07) is 55.3. The number of benzene rings is 8. The maximum absolute atomic E-state index is 2.60. The molecule has 0 saturated carbocycles.